The summed E-state index contributed by atoms with van der Waals surface area (Å²) in [6.45, 7) is 3.19. The van der Waals surface area contributed by atoms with E-state index in [4.69, 9.17) is 5.11 Å². The Morgan fingerprint density at radius 3 is 2.88 bits per heavy atom. The molecule has 0 aliphatic heterocycles. The van der Waals surface area contributed by atoms with E-state index in [-0.39, 0.29) is 23.9 Å². The fraction of sp³-hybridized carbons (Fsp3) is 0.625. The SMILES string of the molecule is CCN(CCO)c1ncnc(NCCC2=CCCCC2)c1[N+](=O)[O-]. The second kappa shape index (κ2) is 9.17. The summed E-state index contributed by atoms with van der Waals surface area (Å²) in [5.74, 6) is 0.476. The molecule has 1 heterocycles. The van der Waals surface area contributed by atoms with E-state index in [1.807, 2.05) is 6.92 Å². The van der Waals surface area contributed by atoms with Gasteiger partial charge in [-0.3, -0.25) is 10.1 Å². The van der Waals surface area contributed by atoms with E-state index in [9.17, 15) is 10.1 Å². The van der Waals surface area contributed by atoms with Gasteiger partial charge in [-0.1, -0.05) is 11.6 Å². The van der Waals surface area contributed by atoms with Crippen molar-refractivity contribution in [2.75, 3.05) is 36.5 Å². The first kappa shape index (κ1) is 18.1. The fourth-order valence-corrected chi connectivity index (χ4v) is 2.91. The molecule has 0 fully saturated rings. The molecule has 0 radical (unpaired) electrons. The van der Waals surface area contributed by atoms with E-state index in [2.05, 4.69) is 21.4 Å². The average Bonchev–Trinajstić information content (AvgIpc) is 2.60. The largest absolute Gasteiger partial charge is 0.395 e. The summed E-state index contributed by atoms with van der Waals surface area (Å²) in [7, 11) is 0. The van der Waals surface area contributed by atoms with Crippen molar-refractivity contribution in [3.8, 4) is 0 Å². The normalized spacial score (nSPS) is 14.2. The van der Waals surface area contributed by atoms with Crippen LogP contribution in [0.2, 0.25) is 0 Å². The van der Waals surface area contributed by atoms with E-state index in [1.54, 1.807) is 4.90 Å². The first-order valence-electron chi connectivity index (χ1n) is 8.44. The van der Waals surface area contributed by atoms with Crippen molar-refractivity contribution in [2.24, 2.45) is 0 Å². The van der Waals surface area contributed by atoms with Crippen molar-refractivity contribution in [3.63, 3.8) is 0 Å². The Balaban J connectivity index is 2.13. The average molecular weight is 335 g/mol. The zero-order valence-electron chi connectivity index (χ0n) is 14.1. The highest BCUT2D eigenvalue weighted by molar-refractivity contribution is 5.70. The highest BCUT2D eigenvalue weighted by Gasteiger charge is 2.26. The molecule has 2 rings (SSSR count). The Hall–Kier alpha value is -2.22. The van der Waals surface area contributed by atoms with Crippen LogP contribution in [0.15, 0.2) is 18.0 Å². The summed E-state index contributed by atoms with van der Waals surface area (Å²) in [5.41, 5.74) is 1.27. The number of likely N-dealkylation sites (N-methyl/N-ethyl adjacent to an activating group) is 1. The number of anilines is 2. The van der Waals surface area contributed by atoms with Gasteiger partial charge in [-0.15, -0.1) is 0 Å². The summed E-state index contributed by atoms with van der Waals surface area (Å²) in [5, 5.41) is 23.7. The third kappa shape index (κ3) is 4.64. The standard InChI is InChI=1S/C16H25N5O3/c1-2-20(10-11-22)16-14(21(23)24)15(18-12-19-16)17-9-8-13-6-4-3-5-7-13/h6,12,22H,2-5,7-11H2,1H3,(H,17,18,19). The third-order valence-electron chi connectivity index (χ3n) is 4.16. The van der Waals surface area contributed by atoms with Gasteiger partial charge in [-0.25, -0.2) is 9.97 Å². The van der Waals surface area contributed by atoms with Crippen molar-refractivity contribution in [1.29, 1.82) is 0 Å². The molecule has 8 heteroatoms. The second-order valence-corrected chi connectivity index (χ2v) is 5.74. The quantitative estimate of drug-likeness (QED) is 0.406. The van der Waals surface area contributed by atoms with Crippen LogP contribution >= 0.6 is 0 Å². The molecule has 0 saturated heterocycles. The van der Waals surface area contributed by atoms with Gasteiger partial charge in [0, 0.05) is 19.6 Å². The van der Waals surface area contributed by atoms with E-state index in [1.165, 1.54) is 24.7 Å². The molecule has 2 N–H and O–H groups in total. The van der Waals surface area contributed by atoms with Crippen LogP contribution in [0, 0.1) is 10.1 Å². The van der Waals surface area contributed by atoms with Gasteiger partial charge in [0.2, 0.25) is 11.6 Å². The lowest BCUT2D eigenvalue weighted by molar-refractivity contribution is -0.383. The topological polar surface area (TPSA) is 104 Å². The van der Waals surface area contributed by atoms with Crippen LogP contribution in [0.3, 0.4) is 0 Å². The van der Waals surface area contributed by atoms with Gasteiger partial charge in [0.15, 0.2) is 0 Å². The third-order valence-corrected chi connectivity index (χ3v) is 4.16. The summed E-state index contributed by atoms with van der Waals surface area (Å²) in [6, 6.07) is 0. The Morgan fingerprint density at radius 1 is 1.42 bits per heavy atom. The molecule has 1 aromatic rings. The number of nitro groups is 1. The molecule has 8 nitrogen and oxygen atoms in total. The monoisotopic (exact) mass is 335 g/mol. The van der Waals surface area contributed by atoms with Crippen molar-refractivity contribution < 1.29 is 10.0 Å². The molecule has 0 bridgehead atoms. The second-order valence-electron chi connectivity index (χ2n) is 5.74. The Labute approximate surface area is 141 Å². The number of nitrogens with one attached hydrogen (secondary N) is 1. The number of aliphatic hydroxyl groups excluding tert-OH is 1. The number of rotatable bonds is 9. The van der Waals surface area contributed by atoms with Gasteiger partial charge < -0.3 is 15.3 Å². The van der Waals surface area contributed by atoms with Gasteiger partial charge in [0.1, 0.15) is 6.33 Å². The van der Waals surface area contributed by atoms with Gasteiger partial charge in [0.05, 0.1) is 11.5 Å². The lowest BCUT2D eigenvalue weighted by atomic mass is 9.97. The molecule has 24 heavy (non-hydrogen) atoms. The van der Waals surface area contributed by atoms with Crippen molar-refractivity contribution in [2.45, 2.75) is 39.0 Å². The van der Waals surface area contributed by atoms with Crippen LogP contribution in [0.25, 0.3) is 0 Å². The van der Waals surface area contributed by atoms with Crippen LogP contribution < -0.4 is 10.2 Å². The fourth-order valence-electron chi connectivity index (χ4n) is 2.91. The van der Waals surface area contributed by atoms with Crippen LogP contribution in [0.5, 0.6) is 0 Å². The molecule has 0 aromatic carbocycles. The van der Waals surface area contributed by atoms with Gasteiger partial charge in [-0.05, 0) is 39.0 Å². The molecule has 1 aliphatic rings. The van der Waals surface area contributed by atoms with Crippen molar-refractivity contribution in [3.05, 3.63) is 28.1 Å². The number of aromatic nitrogens is 2. The van der Waals surface area contributed by atoms with Crippen LogP contribution in [0.4, 0.5) is 17.3 Å². The zero-order chi connectivity index (χ0) is 17.4. The highest BCUT2D eigenvalue weighted by atomic mass is 16.6. The van der Waals surface area contributed by atoms with Crippen molar-refractivity contribution in [1.82, 2.24) is 9.97 Å². The van der Waals surface area contributed by atoms with Crippen LogP contribution in [-0.4, -0.2) is 46.2 Å². The molecule has 0 amide bonds. The smallest absolute Gasteiger partial charge is 0.353 e. The number of hydrogen-bond donors (Lipinski definition) is 2. The molecular weight excluding hydrogens is 310 g/mol. The van der Waals surface area contributed by atoms with E-state index in [0.717, 1.165) is 19.3 Å². The van der Waals surface area contributed by atoms with Crippen molar-refractivity contribution >= 4 is 17.3 Å². The minimum Gasteiger partial charge on any atom is -0.395 e. The van der Waals surface area contributed by atoms with Crippen LogP contribution in [0.1, 0.15) is 39.0 Å². The molecule has 0 spiro atoms. The van der Waals surface area contributed by atoms with Gasteiger partial charge >= 0.3 is 5.69 Å². The zero-order valence-corrected chi connectivity index (χ0v) is 14.1. The summed E-state index contributed by atoms with van der Waals surface area (Å²) in [6.07, 6.45) is 9.16. The number of aliphatic hydroxyl groups is 1. The minimum absolute atomic E-state index is 0.0914. The van der Waals surface area contributed by atoms with E-state index in [0.29, 0.717) is 19.6 Å². The lowest BCUT2D eigenvalue weighted by Gasteiger charge is -2.21. The number of allylic oxidation sites excluding steroid dienone is 1. The number of hydrogen-bond acceptors (Lipinski definition) is 7. The van der Waals surface area contributed by atoms with E-state index < -0.39 is 4.92 Å². The maximum atomic E-state index is 11.5. The predicted molar refractivity (Wildman–Crippen MR) is 93.3 cm³/mol. The minimum atomic E-state index is -0.461. The van der Waals surface area contributed by atoms with E-state index >= 15 is 0 Å². The Morgan fingerprint density at radius 2 is 2.25 bits per heavy atom. The van der Waals surface area contributed by atoms with Gasteiger partial charge in [0.25, 0.3) is 0 Å². The lowest BCUT2D eigenvalue weighted by Crippen LogP contribution is -2.28. The molecule has 0 atom stereocenters. The molecule has 0 saturated carbocycles. The molecule has 132 valence electrons. The molecule has 1 aromatic heterocycles. The molecular formula is C16H25N5O3. The maximum Gasteiger partial charge on any atom is 0.353 e. The van der Waals surface area contributed by atoms with Gasteiger partial charge in [-0.2, -0.15) is 0 Å². The molecule has 1 aliphatic carbocycles. The Bertz CT molecular complexity index is 591. The summed E-state index contributed by atoms with van der Waals surface area (Å²) in [4.78, 5) is 20.8. The first-order valence-corrected chi connectivity index (χ1v) is 8.44. The summed E-state index contributed by atoms with van der Waals surface area (Å²) >= 11 is 0. The number of nitrogens with zero attached hydrogens (tertiary/aromatic N) is 4. The highest BCUT2D eigenvalue weighted by Crippen LogP contribution is 2.31. The maximum absolute atomic E-state index is 11.5. The van der Waals surface area contributed by atoms with Crippen LogP contribution in [-0.2, 0) is 0 Å². The summed E-state index contributed by atoms with van der Waals surface area (Å²) < 4.78 is 0. The first-order chi connectivity index (χ1) is 11.7. The molecule has 0 unspecified atom stereocenters. The predicted octanol–water partition coefficient (Wildman–Crippen LogP) is 2.51. The Kier molecular flexibility index (Phi) is 6.92.